The molecule has 1 aromatic carbocycles. The Balaban J connectivity index is 2.46. The number of halogens is 2. The average Bonchev–Trinajstić information content (AvgIpc) is 2.24. The quantitative estimate of drug-likeness (QED) is 0.481. The maximum atomic E-state index is 13.0. The first-order valence-electron chi connectivity index (χ1n) is 5.56. The fourth-order valence-electron chi connectivity index (χ4n) is 1.64. The van der Waals surface area contributed by atoms with Crippen molar-refractivity contribution < 1.29 is 28.6 Å². The molecule has 2 rings (SSSR count). The van der Waals surface area contributed by atoms with Crippen molar-refractivity contribution in [3.63, 3.8) is 0 Å². The van der Waals surface area contributed by atoms with Crippen LogP contribution in [-0.4, -0.2) is 22.8 Å². The van der Waals surface area contributed by atoms with Gasteiger partial charge in [0.25, 0.3) is 5.79 Å². The first kappa shape index (κ1) is 14.5. The molecule has 0 unspecified atom stereocenters. The molecular weight excluding hydrogens is 335 g/mol. The lowest BCUT2D eigenvalue weighted by molar-refractivity contribution is -0.222. The van der Waals surface area contributed by atoms with Gasteiger partial charge in [0.1, 0.15) is 17.1 Å². The summed E-state index contributed by atoms with van der Waals surface area (Å²) in [5.74, 6) is -4.17. The summed E-state index contributed by atoms with van der Waals surface area (Å²) in [6, 6.07) is 1.95. The number of carbonyl (C=O) groups is 2. The number of hydrogen-bond acceptors (Lipinski definition) is 5. The number of carbonyl (C=O) groups excluding carboxylic acids is 2. The number of cyclic esters (lactones) is 2. The van der Waals surface area contributed by atoms with E-state index in [9.17, 15) is 19.1 Å². The normalized spacial score (nSPS) is 17.5. The van der Waals surface area contributed by atoms with Gasteiger partial charge in [-0.3, -0.25) is 0 Å². The minimum atomic E-state index is -1.34. The maximum absolute atomic E-state index is 13.0. The van der Waals surface area contributed by atoms with Crippen LogP contribution in [0, 0.1) is 5.82 Å². The molecule has 0 bridgehead atoms. The molecule has 5 nitrogen and oxygen atoms in total. The van der Waals surface area contributed by atoms with E-state index in [1.807, 2.05) is 0 Å². The van der Waals surface area contributed by atoms with Gasteiger partial charge >= 0.3 is 11.9 Å². The van der Waals surface area contributed by atoms with E-state index in [2.05, 4.69) is 15.9 Å². The molecule has 106 valence electrons. The van der Waals surface area contributed by atoms with Crippen LogP contribution >= 0.6 is 15.9 Å². The van der Waals surface area contributed by atoms with Gasteiger partial charge in [-0.2, -0.15) is 0 Å². The summed E-state index contributed by atoms with van der Waals surface area (Å²) in [6.45, 7) is 2.84. The van der Waals surface area contributed by atoms with E-state index in [0.29, 0.717) is 0 Å². The minimum Gasteiger partial charge on any atom is -0.507 e. The SMILES string of the molecule is CC1(C)OC(=O)C(=Cc2c(O)cc(F)cc2Br)C(=O)O1. The van der Waals surface area contributed by atoms with Gasteiger partial charge in [-0.1, -0.05) is 0 Å². The molecule has 0 saturated carbocycles. The molecule has 1 heterocycles. The number of esters is 2. The topological polar surface area (TPSA) is 72.8 Å². The predicted octanol–water partition coefficient (Wildman–Crippen LogP) is 2.51. The van der Waals surface area contributed by atoms with Gasteiger partial charge in [-0.15, -0.1) is 0 Å². The van der Waals surface area contributed by atoms with Crippen LogP contribution in [0.4, 0.5) is 4.39 Å². The van der Waals surface area contributed by atoms with Crippen LogP contribution in [0.25, 0.3) is 6.08 Å². The first-order chi connectivity index (χ1) is 9.19. The molecule has 0 aliphatic carbocycles. The van der Waals surface area contributed by atoms with Crippen molar-refractivity contribution in [2.24, 2.45) is 0 Å². The second-order valence-corrected chi connectivity index (χ2v) is 5.41. The predicted molar refractivity (Wildman–Crippen MR) is 70.0 cm³/mol. The highest BCUT2D eigenvalue weighted by Crippen LogP contribution is 2.32. The van der Waals surface area contributed by atoms with Crippen molar-refractivity contribution in [1.29, 1.82) is 0 Å². The zero-order valence-electron chi connectivity index (χ0n) is 10.6. The highest BCUT2D eigenvalue weighted by Gasteiger charge is 2.39. The summed E-state index contributed by atoms with van der Waals surface area (Å²) < 4.78 is 23.1. The number of aromatic hydroxyl groups is 1. The second-order valence-electron chi connectivity index (χ2n) is 4.56. The lowest BCUT2D eigenvalue weighted by Gasteiger charge is -2.29. The van der Waals surface area contributed by atoms with E-state index >= 15 is 0 Å². The summed E-state index contributed by atoms with van der Waals surface area (Å²) in [4.78, 5) is 23.5. The van der Waals surface area contributed by atoms with E-state index in [4.69, 9.17) is 9.47 Å². The van der Waals surface area contributed by atoms with Gasteiger partial charge in [0.15, 0.2) is 0 Å². The van der Waals surface area contributed by atoms with Gasteiger partial charge < -0.3 is 14.6 Å². The van der Waals surface area contributed by atoms with E-state index in [1.165, 1.54) is 13.8 Å². The molecule has 1 saturated heterocycles. The molecule has 7 heteroatoms. The fourth-order valence-corrected chi connectivity index (χ4v) is 2.17. The Hall–Kier alpha value is -1.89. The van der Waals surface area contributed by atoms with Crippen molar-refractivity contribution >= 4 is 33.9 Å². The fraction of sp³-hybridized carbons (Fsp3) is 0.231. The Bertz CT molecular complexity index is 591. The Morgan fingerprint density at radius 1 is 1.25 bits per heavy atom. The van der Waals surface area contributed by atoms with Crippen LogP contribution in [0.1, 0.15) is 19.4 Å². The van der Waals surface area contributed by atoms with Gasteiger partial charge in [0, 0.05) is 30.0 Å². The molecule has 0 radical (unpaired) electrons. The molecule has 1 aliphatic heterocycles. The number of benzene rings is 1. The lowest BCUT2D eigenvalue weighted by Crippen LogP contribution is -2.41. The lowest BCUT2D eigenvalue weighted by atomic mass is 10.1. The number of ether oxygens (including phenoxy) is 2. The van der Waals surface area contributed by atoms with Crippen LogP contribution in [0.5, 0.6) is 5.75 Å². The van der Waals surface area contributed by atoms with Crippen molar-refractivity contribution in [2.75, 3.05) is 0 Å². The third kappa shape index (κ3) is 2.82. The molecule has 0 spiro atoms. The summed E-state index contributed by atoms with van der Waals surface area (Å²) in [6.07, 6.45) is 1.08. The van der Waals surface area contributed by atoms with Crippen LogP contribution in [-0.2, 0) is 19.1 Å². The summed E-state index contributed by atoms with van der Waals surface area (Å²) in [5, 5.41) is 9.66. The monoisotopic (exact) mass is 344 g/mol. The Labute approximate surface area is 122 Å². The largest absolute Gasteiger partial charge is 0.507 e. The minimum absolute atomic E-state index is 0.0787. The van der Waals surface area contributed by atoms with E-state index in [1.54, 1.807) is 0 Å². The maximum Gasteiger partial charge on any atom is 0.348 e. The Morgan fingerprint density at radius 3 is 2.30 bits per heavy atom. The second kappa shape index (κ2) is 4.90. The van der Waals surface area contributed by atoms with Crippen molar-refractivity contribution in [3.05, 3.63) is 33.6 Å². The third-order valence-corrected chi connectivity index (χ3v) is 3.13. The average molecular weight is 345 g/mol. The van der Waals surface area contributed by atoms with E-state index in [0.717, 1.165) is 18.2 Å². The van der Waals surface area contributed by atoms with Crippen molar-refractivity contribution in [1.82, 2.24) is 0 Å². The summed E-state index contributed by atoms with van der Waals surface area (Å²) in [5.41, 5.74) is -0.304. The van der Waals surface area contributed by atoms with Crippen molar-refractivity contribution in [3.8, 4) is 5.75 Å². The van der Waals surface area contributed by atoms with Crippen molar-refractivity contribution in [2.45, 2.75) is 19.6 Å². The zero-order chi connectivity index (χ0) is 15.1. The van der Waals surface area contributed by atoms with Gasteiger partial charge in [0.05, 0.1) is 0 Å². The van der Waals surface area contributed by atoms with Gasteiger partial charge in [0.2, 0.25) is 0 Å². The molecule has 1 aromatic rings. The molecule has 1 N–H and O–H groups in total. The molecular formula is C13H10BrFO5. The molecule has 0 amide bonds. The first-order valence-corrected chi connectivity index (χ1v) is 6.35. The standard InChI is InChI=1S/C13H10BrFO5/c1-13(2)19-11(17)8(12(18)20-13)5-7-9(14)3-6(15)4-10(7)16/h3-5,16H,1-2H3. The summed E-state index contributed by atoms with van der Waals surface area (Å²) in [7, 11) is 0. The number of hydrogen-bond donors (Lipinski definition) is 1. The smallest absolute Gasteiger partial charge is 0.348 e. The number of phenolic OH excluding ortho intramolecular Hbond substituents is 1. The van der Waals surface area contributed by atoms with Crippen LogP contribution in [0.15, 0.2) is 22.2 Å². The molecule has 20 heavy (non-hydrogen) atoms. The molecule has 0 atom stereocenters. The molecule has 1 aliphatic rings. The van der Waals surface area contributed by atoms with Gasteiger partial charge in [-0.05, 0) is 28.1 Å². The van der Waals surface area contributed by atoms with E-state index < -0.39 is 29.3 Å². The van der Waals surface area contributed by atoms with Gasteiger partial charge in [-0.25, -0.2) is 14.0 Å². The Morgan fingerprint density at radius 2 is 1.80 bits per heavy atom. The number of phenols is 1. The summed E-state index contributed by atoms with van der Waals surface area (Å²) >= 11 is 3.04. The zero-order valence-corrected chi connectivity index (χ0v) is 12.2. The molecule has 0 aromatic heterocycles. The number of rotatable bonds is 1. The van der Waals surface area contributed by atoms with Crippen LogP contribution in [0.3, 0.4) is 0 Å². The van der Waals surface area contributed by atoms with E-state index in [-0.39, 0.29) is 15.6 Å². The van der Waals surface area contributed by atoms with Crippen LogP contribution in [0.2, 0.25) is 0 Å². The highest BCUT2D eigenvalue weighted by atomic mass is 79.9. The molecule has 1 fully saturated rings. The van der Waals surface area contributed by atoms with Crippen LogP contribution < -0.4 is 0 Å². The third-order valence-electron chi connectivity index (χ3n) is 2.48. The highest BCUT2D eigenvalue weighted by molar-refractivity contribution is 9.10. The Kier molecular flexibility index (Phi) is 3.56.